The molecular weight excluding hydrogens is 1010 g/mol. The van der Waals surface area contributed by atoms with Crippen LogP contribution in [0, 0.1) is 0 Å². The Hall–Kier alpha value is -1.28. The molecule has 0 aromatic rings. The standard InChI is InChI=1S/C71H139N2O6P/c1-6-8-10-12-14-16-18-20-22-24-26-27-28-29-30-31-32-33-34-35-36-37-38-39-40-41-42-43-44-45-47-49-51-53-55-57-59-61-63-65-71(75)72-69(68-79-80(76,77)78-67-66-73(3,4)5)70(74)64-62-60-58-56-54-52-50-48-46-25-23-21-19-17-15-13-11-9-7-2/h35-36,54,56,62,64,69-70,74H,6-34,37-53,55,57-61,63,65-68H2,1-5H3,(H-,72,75,76,77)/b36-35-,56-54+,64-62+. The minimum atomic E-state index is -4.61. The number of quaternary nitrogens is 1. The number of aliphatic hydroxyl groups excluding tert-OH is 1. The van der Waals surface area contributed by atoms with Crippen molar-refractivity contribution in [1.82, 2.24) is 5.32 Å². The summed E-state index contributed by atoms with van der Waals surface area (Å²) >= 11 is 0. The van der Waals surface area contributed by atoms with Crippen LogP contribution < -0.4 is 10.2 Å². The maximum Gasteiger partial charge on any atom is 0.268 e. The highest BCUT2D eigenvalue weighted by Gasteiger charge is 2.23. The number of phosphoric acid groups is 1. The molecule has 0 radical (unpaired) electrons. The lowest BCUT2D eigenvalue weighted by molar-refractivity contribution is -0.870. The van der Waals surface area contributed by atoms with Crippen molar-refractivity contribution in [2.24, 2.45) is 0 Å². The van der Waals surface area contributed by atoms with E-state index in [1.807, 2.05) is 27.2 Å². The van der Waals surface area contributed by atoms with E-state index in [1.165, 1.54) is 302 Å². The fraction of sp³-hybridized carbons (Fsp3) is 0.901. The van der Waals surface area contributed by atoms with E-state index in [4.69, 9.17) is 9.05 Å². The summed E-state index contributed by atoms with van der Waals surface area (Å²) in [7, 11) is 1.26. The summed E-state index contributed by atoms with van der Waals surface area (Å²) < 4.78 is 23.4. The van der Waals surface area contributed by atoms with Gasteiger partial charge in [-0.1, -0.05) is 333 Å². The Labute approximate surface area is 499 Å². The first-order valence-electron chi connectivity index (χ1n) is 35.4. The van der Waals surface area contributed by atoms with Gasteiger partial charge in [0.05, 0.1) is 39.9 Å². The Bertz CT molecular complexity index is 1400. The van der Waals surface area contributed by atoms with Gasteiger partial charge in [0.1, 0.15) is 13.2 Å². The van der Waals surface area contributed by atoms with E-state index >= 15 is 0 Å². The number of rotatable bonds is 66. The second-order valence-electron chi connectivity index (χ2n) is 25.6. The van der Waals surface area contributed by atoms with Crippen molar-refractivity contribution < 1.29 is 32.9 Å². The highest BCUT2D eigenvalue weighted by molar-refractivity contribution is 7.45. The number of phosphoric ester groups is 1. The molecule has 0 saturated carbocycles. The predicted molar refractivity (Wildman–Crippen MR) is 348 cm³/mol. The third-order valence-corrected chi connectivity index (χ3v) is 17.3. The zero-order chi connectivity index (χ0) is 58.4. The second kappa shape index (κ2) is 62.3. The summed E-state index contributed by atoms with van der Waals surface area (Å²) in [6.07, 6.45) is 82.9. The number of nitrogens with zero attached hydrogens (tertiary/aromatic N) is 1. The number of aliphatic hydroxyl groups is 1. The molecular formula is C71H139N2O6P. The first-order valence-corrected chi connectivity index (χ1v) is 36.8. The molecule has 9 heteroatoms. The Kier molecular flexibility index (Phi) is 61.3. The number of hydrogen-bond acceptors (Lipinski definition) is 6. The van der Waals surface area contributed by atoms with Gasteiger partial charge in [0.2, 0.25) is 5.91 Å². The Morgan fingerprint density at radius 3 is 1.01 bits per heavy atom. The summed E-state index contributed by atoms with van der Waals surface area (Å²) in [6.45, 7) is 4.68. The SMILES string of the molecule is CCCCCCCCCCCCCCC/C=C/CC/C=C/C(O)C(COP(=O)([O-])OCC[N+](C)(C)C)NC(=O)CCCCCCCCCCCCCCCCCCC/C=C\CCCCCCCCCCCCCCCCCCCC. The van der Waals surface area contributed by atoms with Crippen LogP contribution in [-0.4, -0.2) is 68.5 Å². The Morgan fingerprint density at radius 1 is 0.425 bits per heavy atom. The minimum absolute atomic E-state index is 0.00478. The average Bonchev–Trinajstić information content (AvgIpc) is 3.42. The number of allylic oxidation sites excluding steroid dienone is 5. The average molecular weight is 1150 g/mol. The zero-order valence-corrected chi connectivity index (χ0v) is 55.2. The Balaban J connectivity index is 3.94. The van der Waals surface area contributed by atoms with Gasteiger partial charge in [-0.05, 0) is 57.8 Å². The Morgan fingerprint density at radius 2 is 0.700 bits per heavy atom. The lowest BCUT2D eigenvalue weighted by atomic mass is 10.0. The molecule has 474 valence electrons. The molecule has 3 unspecified atom stereocenters. The first-order chi connectivity index (χ1) is 39.0. The molecule has 2 N–H and O–H groups in total. The minimum Gasteiger partial charge on any atom is -0.756 e. The van der Waals surface area contributed by atoms with Crippen molar-refractivity contribution in [2.45, 2.75) is 373 Å². The first kappa shape index (κ1) is 78.7. The maximum absolute atomic E-state index is 13.0. The number of nitrogens with one attached hydrogen (secondary N) is 1. The van der Waals surface area contributed by atoms with Crippen LogP contribution in [-0.2, 0) is 18.4 Å². The highest BCUT2D eigenvalue weighted by atomic mass is 31.2. The third-order valence-electron chi connectivity index (χ3n) is 16.3. The molecule has 0 rings (SSSR count). The van der Waals surface area contributed by atoms with E-state index in [-0.39, 0.29) is 19.1 Å². The quantitative estimate of drug-likeness (QED) is 0.0272. The monoisotopic (exact) mass is 1150 g/mol. The van der Waals surface area contributed by atoms with Crippen LogP contribution in [0.25, 0.3) is 0 Å². The van der Waals surface area contributed by atoms with E-state index in [0.29, 0.717) is 17.4 Å². The van der Waals surface area contributed by atoms with Crippen LogP contribution in [0.1, 0.15) is 361 Å². The van der Waals surface area contributed by atoms with Crippen molar-refractivity contribution in [1.29, 1.82) is 0 Å². The van der Waals surface area contributed by atoms with Crippen molar-refractivity contribution in [3.63, 3.8) is 0 Å². The molecule has 0 aliphatic carbocycles. The molecule has 0 aromatic carbocycles. The lowest BCUT2D eigenvalue weighted by Crippen LogP contribution is -2.45. The van der Waals surface area contributed by atoms with Crippen LogP contribution in [0.2, 0.25) is 0 Å². The summed E-state index contributed by atoms with van der Waals surface area (Å²) in [5.74, 6) is -0.201. The van der Waals surface area contributed by atoms with Crippen molar-refractivity contribution in [3.05, 3.63) is 36.5 Å². The van der Waals surface area contributed by atoms with Gasteiger partial charge in [0.15, 0.2) is 0 Å². The normalized spacial score (nSPS) is 13.8. The zero-order valence-electron chi connectivity index (χ0n) is 54.3. The van der Waals surface area contributed by atoms with Crippen molar-refractivity contribution in [3.8, 4) is 0 Å². The van der Waals surface area contributed by atoms with Gasteiger partial charge in [-0.25, -0.2) is 0 Å². The number of likely N-dealkylation sites (N-methyl/N-ethyl adjacent to an activating group) is 1. The van der Waals surface area contributed by atoms with Crippen LogP contribution in [0.4, 0.5) is 0 Å². The molecule has 0 bridgehead atoms. The smallest absolute Gasteiger partial charge is 0.268 e. The van der Waals surface area contributed by atoms with E-state index in [0.717, 1.165) is 38.5 Å². The number of unbranched alkanes of at least 4 members (excludes halogenated alkanes) is 49. The second-order valence-corrected chi connectivity index (χ2v) is 27.0. The van der Waals surface area contributed by atoms with Crippen LogP contribution in [0.5, 0.6) is 0 Å². The maximum atomic E-state index is 13.0. The van der Waals surface area contributed by atoms with Gasteiger partial charge >= 0.3 is 0 Å². The summed E-state index contributed by atoms with van der Waals surface area (Å²) in [5.41, 5.74) is 0. The van der Waals surface area contributed by atoms with E-state index in [2.05, 4.69) is 43.5 Å². The van der Waals surface area contributed by atoms with E-state index in [1.54, 1.807) is 6.08 Å². The van der Waals surface area contributed by atoms with Gasteiger partial charge in [-0.3, -0.25) is 9.36 Å². The molecule has 3 atom stereocenters. The van der Waals surface area contributed by atoms with Gasteiger partial charge in [-0.15, -0.1) is 0 Å². The molecule has 80 heavy (non-hydrogen) atoms. The van der Waals surface area contributed by atoms with Crippen LogP contribution in [0.3, 0.4) is 0 Å². The van der Waals surface area contributed by atoms with E-state index in [9.17, 15) is 19.4 Å². The molecule has 0 heterocycles. The van der Waals surface area contributed by atoms with Gasteiger partial charge in [0.25, 0.3) is 7.82 Å². The van der Waals surface area contributed by atoms with Crippen molar-refractivity contribution in [2.75, 3.05) is 40.9 Å². The predicted octanol–water partition coefficient (Wildman–Crippen LogP) is 21.8. The molecule has 0 saturated heterocycles. The summed E-state index contributed by atoms with van der Waals surface area (Å²) in [5, 5.41) is 13.9. The summed E-state index contributed by atoms with van der Waals surface area (Å²) in [4.78, 5) is 25.6. The van der Waals surface area contributed by atoms with Gasteiger partial charge in [-0.2, -0.15) is 0 Å². The van der Waals surface area contributed by atoms with Crippen molar-refractivity contribution >= 4 is 13.7 Å². The third kappa shape index (κ3) is 64.3. The largest absolute Gasteiger partial charge is 0.756 e. The number of hydrogen-bond donors (Lipinski definition) is 2. The van der Waals surface area contributed by atoms with Crippen LogP contribution in [0.15, 0.2) is 36.5 Å². The molecule has 1 amide bonds. The van der Waals surface area contributed by atoms with E-state index < -0.39 is 20.0 Å². The topological polar surface area (TPSA) is 108 Å². The van der Waals surface area contributed by atoms with Gasteiger partial charge < -0.3 is 28.8 Å². The fourth-order valence-electron chi connectivity index (χ4n) is 10.8. The molecule has 0 fully saturated rings. The highest BCUT2D eigenvalue weighted by Crippen LogP contribution is 2.38. The lowest BCUT2D eigenvalue weighted by Gasteiger charge is -2.29. The summed E-state index contributed by atoms with van der Waals surface area (Å²) in [6, 6.07) is -0.903. The van der Waals surface area contributed by atoms with Gasteiger partial charge in [0, 0.05) is 6.42 Å². The molecule has 0 aliphatic rings. The number of carbonyl (C=O) groups excluding carboxylic acids is 1. The fourth-order valence-corrected chi connectivity index (χ4v) is 11.5. The number of carbonyl (C=O) groups is 1. The molecule has 0 spiro atoms. The molecule has 0 aromatic heterocycles. The molecule has 0 aliphatic heterocycles. The molecule has 8 nitrogen and oxygen atoms in total. The van der Waals surface area contributed by atoms with Crippen LogP contribution >= 0.6 is 7.82 Å². The number of amides is 1.